The number of aryl methyl sites for hydroxylation is 1. The molecule has 1 atom stereocenters. The first kappa shape index (κ1) is 22.2. The Kier molecular flexibility index (Phi) is 6.43. The van der Waals surface area contributed by atoms with Gasteiger partial charge in [-0.1, -0.05) is 22.9 Å². The highest BCUT2D eigenvalue weighted by atomic mass is 35.5. The number of aromatic nitrogens is 3. The van der Waals surface area contributed by atoms with Crippen LogP contribution in [0.5, 0.6) is 5.75 Å². The average Bonchev–Trinajstić information content (AvgIpc) is 3.36. The molecule has 1 fully saturated rings. The van der Waals surface area contributed by atoms with Crippen molar-refractivity contribution in [1.82, 2.24) is 20.5 Å². The lowest BCUT2D eigenvalue weighted by Gasteiger charge is -2.12. The van der Waals surface area contributed by atoms with Crippen LogP contribution in [0.2, 0.25) is 5.02 Å². The summed E-state index contributed by atoms with van der Waals surface area (Å²) in [6, 6.07) is 6.39. The van der Waals surface area contributed by atoms with Gasteiger partial charge in [0.25, 0.3) is 0 Å². The van der Waals surface area contributed by atoms with Gasteiger partial charge in [0.15, 0.2) is 11.6 Å². The molecule has 1 amide bonds. The van der Waals surface area contributed by atoms with E-state index in [1.807, 2.05) is 32.9 Å². The van der Waals surface area contributed by atoms with Crippen LogP contribution < -0.4 is 15.4 Å². The van der Waals surface area contributed by atoms with E-state index in [4.69, 9.17) is 21.1 Å². The summed E-state index contributed by atoms with van der Waals surface area (Å²) >= 11 is 7.70. The number of carbonyl (C=O) groups is 1. The van der Waals surface area contributed by atoms with E-state index in [1.54, 1.807) is 0 Å². The van der Waals surface area contributed by atoms with Crippen molar-refractivity contribution in [2.24, 2.45) is 0 Å². The highest BCUT2D eigenvalue weighted by molar-refractivity contribution is 7.18. The van der Waals surface area contributed by atoms with Gasteiger partial charge < -0.3 is 20.1 Å². The second kappa shape index (κ2) is 9.25. The van der Waals surface area contributed by atoms with Crippen molar-refractivity contribution >= 4 is 34.8 Å². The first-order chi connectivity index (χ1) is 15.3. The molecule has 3 aromatic rings. The van der Waals surface area contributed by atoms with E-state index in [0.29, 0.717) is 15.6 Å². The maximum Gasteiger partial charge on any atom is 0.407 e. The first-order valence-corrected chi connectivity index (χ1v) is 11.1. The quantitative estimate of drug-likeness (QED) is 0.510. The first-order valence-electron chi connectivity index (χ1n) is 9.93. The van der Waals surface area contributed by atoms with Crippen molar-refractivity contribution in [3.05, 3.63) is 40.8 Å². The predicted molar refractivity (Wildman–Crippen MR) is 121 cm³/mol. The largest absolute Gasteiger partial charge is 0.488 e. The average molecular weight is 478 g/mol. The summed E-state index contributed by atoms with van der Waals surface area (Å²) in [6.07, 6.45) is -0.518. The minimum absolute atomic E-state index is 0.0150. The SMILES string of the molecule is Cc1cc(-c2nnc(-c3cc(F)c(OC[C@H]4COC(=O)N4)cc3Cl)s2)cc(NC(C)C)n1. The third-order valence-corrected chi connectivity index (χ3v) is 5.81. The van der Waals surface area contributed by atoms with Crippen LogP contribution in [0.1, 0.15) is 19.5 Å². The summed E-state index contributed by atoms with van der Waals surface area (Å²) in [6.45, 7) is 6.21. The van der Waals surface area contributed by atoms with Crippen molar-refractivity contribution in [1.29, 1.82) is 0 Å². The Labute approximate surface area is 193 Å². The second-order valence-corrected chi connectivity index (χ2v) is 8.99. The monoisotopic (exact) mass is 477 g/mol. The van der Waals surface area contributed by atoms with Gasteiger partial charge in [-0.05, 0) is 39.0 Å². The third-order valence-electron chi connectivity index (χ3n) is 4.49. The summed E-state index contributed by atoms with van der Waals surface area (Å²) < 4.78 is 24.9. The topological polar surface area (TPSA) is 98.3 Å². The number of anilines is 1. The minimum atomic E-state index is -0.588. The molecule has 0 bridgehead atoms. The Morgan fingerprint density at radius 3 is 2.81 bits per heavy atom. The highest BCUT2D eigenvalue weighted by Gasteiger charge is 2.23. The van der Waals surface area contributed by atoms with Gasteiger partial charge in [0, 0.05) is 28.9 Å². The maximum atomic E-state index is 14.7. The number of hydrogen-bond donors (Lipinski definition) is 2. The Morgan fingerprint density at radius 1 is 1.31 bits per heavy atom. The molecule has 1 aromatic carbocycles. The van der Waals surface area contributed by atoms with Gasteiger partial charge in [-0.2, -0.15) is 0 Å². The fourth-order valence-corrected chi connectivity index (χ4v) is 4.28. The molecule has 2 N–H and O–H groups in total. The van der Waals surface area contributed by atoms with Gasteiger partial charge in [-0.15, -0.1) is 10.2 Å². The Balaban J connectivity index is 1.54. The fraction of sp³-hybridized carbons (Fsp3) is 0.333. The molecular formula is C21H21ClFN5O3S. The number of nitrogens with zero attached hydrogens (tertiary/aromatic N) is 3. The van der Waals surface area contributed by atoms with Crippen LogP contribution in [0.25, 0.3) is 21.1 Å². The molecule has 2 aromatic heterocycles. The molecule has 0 radical (unpaired) electrons. The second-order valence-electron chi connectivity index (χ2n) is 7.61. The number of hydrogen-bond acceptors (Lipinski definition) is 8. The smallest absolute Gasteiger partial charge is 0.407 e. The van der Waals surface area contributed by atoms with Crippen LogP contribution >= 0.6 is 22.9 Å². The molecule has 0 spiro atoms. The van der Waals surface area contributed by atoms with Gasteiger partial charge in [-0.3, -0.25) is 0 Å². The number of halogens is 2. The number of benzene rings is 1. The number of alkyl carbamates (subject to hydrolysis) is 1. The molecule has 0 saturated carbocycles. The van der Waals surface area contributed by atoms with Crippen LogP contribution in [-0.4, -0.2) is 46.6 Å². The predicted octanol–water partition coefficient (Wildman–Crippen LogP) is 4.68. The molecule has 168 valence electrons. The van der Waals surface area contributed by atoms with E-state index in [0.717, 1.165) is 17.1 Å². The summed E-state index contributed by atoms with van der Waals surface area (Å²) in [4.78, 5) is 15.6. The lowest BCUT2D eigenvalue weighted by Crippen LogP contribution is -2.32. The van der Waals surface area contributed by atoms with Gasteiger partial charge in [0.05, 0.1) is 5.02 Å². The van der Waals surface area contributed by atoms with Crippen molar-refractivity contribution in [2.75, 3.05) is 18.5 Å². The Morgan fingerprint density at radius 2 is 2.09 bits per heavy atom. The molecule has 32 heavy (non-hydrogen) atoms. The van der Waals surface area contributed by atoms with E-state index >= 15 is 0 Å². The standard InChI is InChI=1S/C21H21ClFN5O3S/c1-10(2)24-18-5-12(4-11(3)25-18)19-27-28-20(32-19)14-6-16(23)17(7-15(14)22)30-8-13-9-31-21(29)26-13/h4-7,10,13H,8-9H2,1-3H3,(H,24,25)(H,26,29)/t13-/m0/s1. The van der Waals surface area contributed by atoms with Crippen LogP contribution in [0.4, 0.5) is 15.0 Å². The molecule has 0 unspecified atom stereocenters. The molecule has 1 aliphatic heterocycles. The number of amides is 1. The molecule has 1 aliphatic rings. The van der Waals surface area contributed by atoms with Gasteiger partial charge in [-0.25, -0.2) is 14.2 Å². The summed E-state index contributed by atoms with van der Waals surface area (Å²) in [5.41, 5.74) is 2.13. The zero-order valence-corrected chi connectivity index (χ0v) is 19.2. The van der Waals surface area contributed by atoms with E-state index in [-0.39, 0.29) is 36.1 Å². The zero-order chi connectivity index (χ0) is 22.8. The molecular weight excluding hydrogens is 457 g/mol. The number of cyclic esters (lactones) is 1. The normalized spacial score (nSPS) is 15.6. The minimum Gasteiger partial charge on any atom is -0.488 e. The van der Waals surface area contributed by atoms with Gasteiger partial charge in [0.2, 0.25) is 0 Å². The van der Waals surface area contributed by atoms with Crippen LogP contribution in [0, 0.1) is 12.7 Å². The van der Waals surface area contributed by atoms with E-state index < -0.39 is 11.9 Å². The van der Waals surface area contributed by atoms with E-state index in [2.05, 4.69) is 25.8 Å². The Hall–Kier alpha value is -2.98. The van der Waals surface area contributed by atoms with Gasteiger partial charge in [0.1, 0.15) is 35.1 Å². The fourth-order valence-electron chi connectivity index (χ4n) is 3.12. The van der Waals surface area contributed by atoms with E-state index in [1.165, 1.54) is 23.5 Å². The third kappa shape index (κ3) is 5.08. The molecule has 3 heterocycles. The van der Waals surface area contributed by atoms with E-state index in [9.17, 15) is 9.18 Å². The molecule has 4 rings (SSSR count). The van der Waals surface area contributed by atoms with Crippen LogP contribution in [0.15, 0.2) is 24.3 Å². The molecule has 11 heteroatoms. The lowest BCUT2D eigenvalue weighted by molar-refractivity contribution is 0.174. The van der Waals surface area contributed by atoms with Crippen LogP contribution in [0.3, 0.4) is 0 Å². The van der Waals surface area contributed by atoms with Crippen molar-refractivity contribution in [3.63, 3.8) is 0 Å². The number of ether oxygens (including phenoxy) is 2. The summed E-state index contributed by atoms with van der Waals surface area (Å²) in [5, 5.41) is 15.7. The number of rotatable bonds is 7. The molecule has 8 nitrogen and oxygen atoms in total. The lowest BCUT2D eigenvalue weighted by atomic mass is 10.2. The summed E-state index contributed by atoms with van der Waals surface area (Å²) in [7, 11) is 0. The number of nitrogens with one attached hydrogen (secondary N) is 2. The van der Waals surface area contributed by atoms with Crippen molar-refractivity contribution in [3.8, 4) is 26.9 Å². The van der Waals surface area contributed by atoms with Crippen molar-refractivity contribution in [2.45, 2.75) is 32.9 Å². The number of pyridine rings is 1. The Bertz CT molecular complexity index is 1160. The maximum absolute atomic E-state index is 14.7. The zero-order valence-electron chi connectivity index (χ0n) is 17.6. The highest BCUT2D eigenvalue weighted by Crippen LogP contribution is 2.37. The molecule has 0 aliphatic carbocycles. The van der Waals surface area contributed by atoms with Crippen LogP contribution in [-0.2, 0) is 4.74 Å². The van der Waals surface area contributed by atoms with Gasteiger partial charge >= 0.3 is 6.09 Å². The number of carbonyl (C=O) groups excluding carboxylic acids is 1. The summed E-state index contributed by atoms with van der Waals surface area (Å²) in [5.74, 6) is 0.148. The molecule has 1 saturated heterocycles. The van der Waals surface area contributed by atoms with Crippen molar-refractivity contribution < 1.29 is 18.7 Å².